The second-order valence-electron chi connectivity index (χ2n) is 6.37. The van der Waals surface area contributed by atoms with Gasteiger partial charge in [0.25, 0.3) is 5.91 Å². The summed E-state index contributed by atoms with van der Waals surface area (Å²) in [5.74, 6) is 0.777. The molecule has 0 radical (unpaired) electrons. The van der Waals surface area contributed by atoms with Crippen LogP contribution in [-0.2, 0) is 4.74 Å². The number of ether oxygens (including phenoxy) is 1. The van der Waals surface area contributed by atoms with Gasteiger partial charge in [-0.05, 0) is 51.5 Å². The van der Waals surface area contributed by atoms with E-state index in [2.05, 4.69) is 5.32 Å². The summed E-state index contributed by atoms with van der Waals surface area (Å²) in [5, 5.41) is 2.89. The molecule has 4 nitrogen and oxygen atoms in total. The number of nitrogens with one attached hydrogen (secondary N) is 1. The Balaban J connectivity index is 2.23. The molecule has 22 heavy (non-hydrogen) atoms. The third-order valence-corrected chi connectivity index (χ3v) is 3.31. The van der Waals surface area contributed by atoms with Crippen LogP contribution in [0.1, 0.15) is 49.9 Å². The Hall–Kier alpha value is -2.07. The third-order valence-electron chi connectivity index (χ3n) is 3.31. The first kappa shape index (κ1) is 16.3. The molecular weight excluding hydrogens is 278 g/mol. The number of benzene rings is 1. The van der Waals surface area contributed by atoms with Gasteiger partial charge in [0.05, 0.1) is 6.10 Å². The second-order valence-corrected chi connectivity index (χ2v) is 6.37. The molecule has 1 N–H and O–H groups in total. The minimum atomic E-state index is -0.294. The van der Waals surface area contributed by atoms with Crippen molar-refractivity contribution in [2.24, 2.45) is 0 Å². The molecule has 1 aromatic carbocycles. The standard InChI is InChI=1S/C18H23NO3/c1-12(21-5)13-7-6-8-14(11-13)15-9-10-16(22-15)17(20)19-18(2,3)4/h6-12H,1-5H3,(H,19,20). The molecule has 0 aliphatic carbocycles. The van der Waals surface area contributed by atoms with E-state index in [1.54, 1.807) is 13.2 Å². The van der Waals surface area contributed by atoms with Crippen LogP contribution in [0.5, 0.6) is 0 Å². The maximum atomic E-state index is 12.1. The molecule has 1 amide bonds. The van der Waals surface area contributed by atoms with Crippen molar-refractivity contribution < 1.29 is 13.9 Å². The highest BCUT2D eigenvalue weighted by molar-refractivity contribution is 5.92. The van der Waals surface area contributed by atoms with Crippen molar-refractivity contribution in [3.05, 3.63) is 47.7 Å². The van der Waals surface area contributed by atoms with Crippen molar-refractivity contribution in [2.75, 3.05) is 7.11 Å². The molecule has 0 bridgehead atoms. The van der Waals surface area contributed by atoms with Gasteiger partial charge in [0, 0.05) is 18.2 Å². The molecule has 0 saturated heterocycles. The van der Waals surface area contributed by atoms with E-state index in [-0.39, 0.29) is 17.6 Å². The maximum Gasteiger partial charge on any atom is 0.287 e. The van der Waals surface area contributed by atoms with Crippen molar-refractivity contribution in [1.29, 1.82) is 0 Å². The van der Waals surface area contributed by atoms with Crippen LogP contribution in [-0.4, -0.2) is 18.6 Å². The van der Waals surface area contributed by atoms with Gasteiger partial charge in [-0.3, -0.25) is 4.79 Å². The Morgan fingerprint density at radius 3 is 2.59 bits per heavy atom. The summed E-state index contributed by atoms with van der Waals surface area (Å²) in [6.07, 6.45) is 0.0126. The fourth-order valence-corrected chi connectivity index (χ4v) is 2.10. The molecule has 0 saturated carbocycles. The van der Waals surface area contributed by atoms with E-state index >= 15 is 0 Å². The lowest BCUT2D eigenvalue weighted by molar-refractivity contribution is 0.0892. The summed E-state index contributed by atoms with van der Waals surface area (Å²) in [4.78, 5) is 12.1. The van der Waals surface area contributed by atoms with Gasteiger partial charge < -0.3 is 14.5 Å². The minimum absolute atomic E-state index is 0.0126. The Morgan fingerprint density at radius 2 is 1.95 bits per heavy atom. The van der Waals surface area contributed by atoms with E-state index in [0.29, 0.717) is 11.5 Å². The Labute approximate surface area is 131 Å². The molecule has 2 rings (SSSR count). The van der Waals surface area contributed by atoms with Crippen LogP contribution >= 0.6 is 0 Å². The van der Waals surface area contributed by atoms with Gasteiger partial charge >= 0.3 is 0 Å². The Kier molecular flexibility index (Phi) is 4.71. The van der Waals surface area contributed by atoms with E-state index in [0.717, 1.165) is 11.1 Å². The number of carbonyl (C=O) groups is 1. The van der Waals surface area contributed by atoms with Gasteiger partial charge in [0.15, 0.2) is 5.76 Å². The predicted octanol–water partition coefficient (Wildman–Crippen LogP) is 4.18. The molecule has 118 valence electrons. The Morgan fingerprint density at radius 1 is 1.23 bits per heavy atom. The van der Waals surface area contributed by atoms with Crippen LogP contribution < -0.4 is 5.32 Å². The molecule has 1 aromatic heterocycles. The van der Waals surface area contributed by atoms with E-state index in [1.165, 1.54) is 0 Å². The SMILES string of the molecule is COC(C)c1cccc(-c2ccc(C(=O)NC(C)(C)C)o2)c1. The number of carbonyl (C=O) groups excluding carboxylic acids is 1. The summed E-state index contributed by atoms with van der Waals surface area (Å²) < 4.78 is 11.0. The van der Waals surface area contributed by atoms with Crippen LogP contribution in [0.15, 0.2) is 40.8 Å². The summed E-state index contributed by atoms with van der Waals surface area (Å²) in [6.45, 7) is 7.79. The van der Waals surface area contributed by atoms with Crippen LogP contribution in [0.2, 0.25) is 0 Å². The third kappa shape index (κ3) is 3.98. The van der Waals surface area contributed by atoms with E-state index < -0.39 is 0 Å². The van der Waals surface area contributed by atoms with Crippen LogP contribution in [0.3, 0.4) is 0 Å². The van der Waals surface area contributed by atoms with E-state index in [4.69, 9.17) is 9.15 Å². The van der Waals surface area contributed by atoms with Gasteiger partial charge in [-0.2, -0.15) is 0 Å². The fourth-order valence-electron chi connectivity index (χ4n) is 2.10. The van der Waals surface area contributed by atoms with E-state index in [1.807, 2.05) is 58.0 Å². The van der Waals surface area contributed by atoms with Crippen molar-refractivity contribution >= 4 is 5.91 Å². The maximum absolute atomic E-state index is 12.1. The summed E-state index contributed by atoms with van der Waals surface area (Å²) >= 11 is 0. The number of furan rings is 1. The van der Waals surface area contributed by atoms with Crippen molar-refractivity contribution in [3.63, 3.8) is 0 Å². The summed E-state index contributed by atoms with van der Waals surface area (Å²) in [5.41, 5.74) is 1.70. The first-order valence-electron chi connectivity index (χ1n) is 7.35. The Bertz CT molecular complexity index is 652. The summed E-state index contributed by atoms with van der Waals surface area (Å²) in [6, 6.07) is 11.4. The van der Waals surface area contributed by atoms with Crippen molar-refractivity contribution in [1.82, 2.24) is 5.32 Å². The quantitative estimate of drug-likeness (QED) is 0.921. The highest BCUT2D eigenvalue weighted by atomic mass is 16.5. The van der Waals surface area contributed by atoms with Gasteiger partial charge in [0.2, 0.25) is 0 Å². The first-order chi connectivity index (χ1) is 10.3. The predicted molar refractivity (Wildman–Crippen MR) is 86.8 cm³/mol. The zero-order valence-corrected chi connectivity index (χ0v) is 13.8. The van der Waals surface area contributed by atoms with Crippen LogP contribution in [0.25, 0.3) is 11.3 Å². The molecule has 0 aliphatic heterocycles. The minimum Gasteiger partial charge on any atom is -0.451 e. The molecule has 0 fully saturated rings. The molecule has 1 atom stereocenters. The van der Waals surface area contributed by atoms with Crippen LogP contribution in [0.4, 0.5) is 0 Å². The highest BCUT2D eigenvalue weighted by Crippen LogP contribution is 2.26. The average Bonchev–Trinajstić information content (AvgIpc) is 2.95. The van der Waals surface area contributed by atoms with Crippen LogP contribution in [0, 0.1) is 0 Å². The van der Waals surface area contributed by atoms with Crippen molar-refractivity contribution in [2.45, 2.75) is 39.3 Å². The monoisotopic (exact) mass is 301 g/mol. The van der Waals surface area contributed by atoms with Gasteiger partial charge in [-0.25, -0.2) is 0 Å². The molecule has 1 heterocycles. The van der Waals surface area contributed by atoms with E-state index in [9.17, 15) is 4.79 Å². The van der Waals surface area contributed by atoms with Gasteiger partial charge in [-0.15, -0.1) is 0 Å². The fraction of sp³-hybridized carbons (Fsp3) is 0.389. The second kappa shape index (κ2) is 6.36. The summed E-state index contributed by atoms with van der Waals surface area (Å²) in [7, 11) is 1.68. The number of rotatable bonds is 4. The van der Waals surface area contributed by atoms with Gasteiger partial charge in [0.1, 0.15) is 5.76 Å². The number of amides is 1. The van der Waals surface area contributed by atoms with Crippen molar-refractivity contribution in [3.8, 4) is 11.3 Å². The number of hydrogen-bond acceptors (Lipinski definition) is 3. The first-order valence-corrected chi connectivity index (χ1v) is 7.35. The lowest BCUT2D eigenvalue weighted by Gasteiger charge is -2.19. The largest absolute Gasteiger partial charge is 0.451 e. The molecule has 2 aromatic rings. The molecule has 0 spiro atoms. The average molecular weight is 301 g/mol. The molecule has 4 heteroatoms. The van der Waals surface area contributed by atoms with Gasteiger partial charge in [-0.1, -0.05) is 18.2 Å². The zero-order chi connectivity index (χ0) is 16.3. The number of methoxy groups -OCH3 is 1. The molecule has 1 unspecified atom stereocenters. The lowest BCUT2D eigenvalue weighted by atomic mass is 10.1. The molecular formula is C18H23NO3. The topological polar surface area (TPSA) is 51.5 Å². The molecule has 0 aliphatic rings. The zero-order valence-electron chi connectivity index (χ0n) is 13.8. The smallest absolute Gasteiger partial charge is 0.287 e. The lowest BCUT2D eigenvalue weighted by Crippen LogP contribution is -2.40. The number of hydrogen-bond donors (Lipinski definition) is 1. The normalized spacial score (nSPS) is 13.0. The highest BCUT2D eigenvalue weighted by Gasteiger charge is 2.18.